The summed E-state index contributed by atoms with van der Waals surface area (Å²) in [6, 6.07) is 0.235. The summed E-state index contributed by atoms with van der Waals surface area (Å²) in [5.74, 6) is 0.0456. The molecule has 1 fully saturated rings. The van der Waals surface area contributed by atoms with Crippen molar-refractivity contribution in [3.8, 4) is 0 Å². The van der Waals surface area contributed by atoms with Crippen LogP contribution in [-0.2, 0) is 9.53 Å². The van der Waals surface area contributed by atoms with Gasteiger partial charge in [0.2, 0.25) is 5.91 Å². The molecular weight excluding hydrogens is 274 g/mol. The minimum Gasteiger partial charge on any atom is -0.392 e. The molecule has 1 unspecified atom stereocenters. The fourth-order valence-electron chi connectivity index (χ4n) is 2.72. The molecule has 0 aliphatic heterocycles. The molecule has 0 spiro atoms. The van der Waals surface area contributed by atoms with Crippen LogP contribution in [-0.4, -0.2) is 54.7 Å². The third-order valence-corrected chi connectivity index (χ3v) is 3.96. The number of hydrogen-bond acceptors (Lipinski definition) is 4. The van der Waals surface area contributed by atoms with E-state index in [1.807, 2.05) is 6.92 Å². The van der Waals surface area contributed by atoms with Crippen molar-refractivity contribution in [3.63, 3.8) is 0 Å². The van der Waals surface area contributed by atoms with Crippen molar-refractivity contribution < 1.29 is 9.53 Å². The van der Waals surface area contributed by atoms with Gasteiger partial charge in [-0.05, 0) is 26.2 Å². The normalized spacial score (nSPS) is 17.4. The van der Waals surface area contributed by atoms with E-state index < -0.39 is 0 Å². The average molecular weight is 301 g/mol. The van der Waals surface area contributed by atoms with Crippen molar-refractivity contribution in [1.29, 1.82) is 0 Å². The molecular formula is C14H27N3O2S. The molecule has 1 aliphatic rings. The van der Waals surface area contributed by atoms with Crippen molar-refractivity contribution >= 4 is 23.1 Å². The predicted octanol–water partition coefficient (Wildman–Crippen LogP) is 1.06. The van der Waals surface area contributed by atoms with Crippen LogP contribution in [0.4, 0.5) is 0 Å². The Kier molecular flexibility index (Phi) is 8.02. The molecule has 0 aromatic heterocycles. The second-order valence-electron chi connectivity index (χ2n) is 5.39. The summed E-state index contributed by atoms with van der Waals surface area (Å²) in [4.78, 5) is 14.8. The molecule has 0 aromatic carbocycles. The van der Waals surface area contributed by atoms with Crippen LogP contribution in [0.5, 0.6) is 0 Å². The van der Waals surface area contributed by atoms with E-state index in [-0.39, 0.29) is 11.9 Å². The molecule has 5 nitrogen and oxygen atoms in total. The number of nitrogens with one attached hydrogen (secondary N) is 1. The molecule has 6 heteroatoms. The summed E-state index contributed by atoms with van der Waals surface area (Å²) in [7, 11) is 1.66. The van der Waals surface area contributed by atoms with E-state index in [4.69, 9.17) is 22.7 Å². The van der Waals surface area contributed by atoms with Crippen LogP contribution in [0.25, 0.3) is 0 Å². The van der Waals surface area contributed by atoms with Crippen LogP contribution in [0.1, 0.15) is 39.0 Å². The molecule has 0 aromatic rings. The van der Waals surface area contributed by atoms with Gasteiger partial charge < -0.3 is 15.8 Å². The summed E-state index contributed by atoms with van der Waals surface area (Å²) in [5.41, 5.74) is 5.68. The first-order chi connectivity index (χ1) is 9.56. The van der Waals surface area contributed by atoms with E-state index in [9.17, 15) is 4.79 Å². The maximum absolute atomic E-state index is 12.2. The Hall–Kier alpha value is -0.720. The van der Waals surface area contributed by atoms with Gasteiger partial charge in [0.15, 0.2) is 0 Å². The van der Waals surface area contributed by atoms with Gasteiger partial charge in [0.1, 0.15) is 0 Å². The summed E-state index contributed by atoms with van der Waals surface area (Å²) in [6.07, 6.45) is 5.53. The molecule has 1 aliphatic carbocycles. The first kappa shape index (κ1) is 17.3. The molecule has 0 saturated heterocycles. The predicted molar refractivity (Wildman–Crippen MR) is 84.7 cm³/mol. The Balaban J connectivity index is 2.50. The Labute approximate surface area is 127 Å². The van der Waals surface area contributed by atoms with Crippen molar-refractivity contribution in [2.75, 3.05) is 26.8 Å². The van der Waals surface area contributed by atoms with Gasteiger partial charge >= 0.3 is 0 Å². The zero-order valence-electron chi connectivity index (χ0n) is 12.6. The van der Waals surface area contributed by atoms with Gasteiger partial charge in [-0.15, -0.1) is 0 Å². The summed E-state index contributed by atoms with van der Waals surface area (Å²) >= 11 is 5.02. The van der Waals surface area contributed by atoms with Crippen LogP contribution in [0.15, 0.2) is 0 Å². The molecule has 1 rings (SSSR count). The molecule has 1 atom stereocenters. The maximum Gasteiger partial charge on any atom is 0.237 e. The molecule has 1 saturated carbocycles. The Bertz CT molecular complexity index is 320. The monoisotopic (exact) mass is 301 g/mol. The fraction of sp³-hybridized carbons (Fsp3) is 0.857. The van der Waals surface area contributed by atoms with Gasteiger partial charge in [0, 0.05) is 32.8 Å². The van der Waals surface area contributed by atoms with E-state index in [2.05, 4.69) is 10.2 Å². The summed E-state index contributed by atoms with van der Waals surface area (Å²) in [6.45, 7) is 3.76. The largest absolute Gasteiger partial charge is 0.392 e. The van der Waals surface area contributed by atoms with Crippen LogP contribution in [0.2, 0.25) is 0 Å². The highest BCUT2D eigenvalue weighted by atomic mass is 32.1. The van der Waals surface area contributed by atoms with Crippen LogP contribution in [0.3, 0.4) is 0 Å². The number of thiocarbonyl (C=S) groups is 1. The average Bonchev–Trinajstić information content (AvgIpc) is 2.93. The highest BCUT2D eigenvalue weighted by molar-refractivity contribution is 7.80. The van der Waals surface area contributed by atoms with E-state index in [0.717, 1.165) is 19.3 Å². The van der Waals surface area contributed by atoms with E-state index >= 15 is 0 Å². The number of carbonyl (C=O) groups is 1. The topological polar surface area (TPSA) is 67.6 Å². The molecule has 0 radical (unpaired) electrons. The van der Waals surface area contributed by atoms with Crippen LogP contribution in [0, 0.1) is 0 Å². The van der Waals surface area contributed by atoms with Gasteiger partial charge in [-0.3, -0.25) is 9.69 Å². The Morgan fingerprint density at radius 2 is 2.15 bits per heavy atom. The van der Waals surface area contributed by atoms with E-state index in [1.54, 1.807) is 7.11 Å². The van der Waals surface area contributed by atoms with Crippen LogP contribution < -0.4 is 11.1 Å². The van der Waals surface area contributed by atoms with Gasteiger partial charge in [0.25, 0.3) is 0 Å². The molecule has 116 valence electrons. The quantitative estimate of drug-likeness (QED) is 0.492. The second kappa shape index (κ2) is 9.26. The summed E-state index contributed by atoms with van der Waals surface area (Å²) in [5, 5.41) is 2.95. The van der Waals surface area contributed by atoms with Gasteiger partial charge in [-0.2, -0.15) is 0 Å². The van der Waals surface area contributed by atoms with Gasteiger partial charge in [-0.1, -0.05) is 25.1 Å². The molecule has 1 amide bonds. The highest BCUT2D eigenvalue weighted by Crippen LogP contribution is 2.25. The Morgan fingerprint density at radius 3 is 2.70 bits per heavy atom. The minimum absolute atomic E-state index is 0.0456. The molecule has 20 heavy (non-hydrogen) atoms. The standard InChI is InChI=1S/C14H27N3O2S/c1-11(14(18)16-8-5-9-19-2)17(10-13(15)20)12-6-3-4-7-12/h11-12H,3-10H2,1-2H3,(H2,15,20)(H,16,18). The summed E-state index contributed by atoms with van der Waals surface area (Å²) < 4.78 is 4.97. The lowest BCUT2D eigenvalue weighted by atomic mass is 10.1. The lowest BCUT2D eigenvalue weighted by Gasteiger charge is -2.33. The van der Waals surface area contributed by atoms with Crippen LogP contribution >= 0.6 is 12.2 Å². The smallest absolute Gasteiger partial charge is 0.237 e. The number of rotatable bonds is 9. The van der Waals surface area contributed by atoms with Crippen molar-refractivity contribution in [3.05, 3.63) is 0 Å². The minimum atomic E-state index is -0.192. The third kappa shape index (κ3) is 5.73. The first-order valence-electron chi connectivity index (χ1n) is 7.37. The number of carbonyl (C=O) groups excluding carboxylic acids is 1. The lowest BCUT2D eigenvalue weighted by molar-refractivity contribution is -0.126. The Morgan fingerprint density at radius 1 is 1.50 bits per heavy atom. The third-order valence-electron chi connectivity index (χ3n) is 3.83. The number of hydrogen-bond donors (Lipinski definition) is 2. The number of nitrogens with zero attached hydrogens (tertiary/aromatic N) is 1. The van der Waals surface area contributed by atoms with Crippen molar-refractivity contribution in [1.82, 2.24) is 10.2 Å². The van der Waals surface area contributed by atoms with E-state index in [0.29, 0.717) is 30.7 Å². The SMILES string of the molecule is COCCCNC(=O)C(C)N(CC(N)=S)C1CCCC1. The van der Waals surface area contributed by atoms with Gasteiger partial charge in [-0.25, -0.2) is 0 Å². The maximum atomic E-state index is 12.2. The first-order valence-corrected chi connectivity index (χ1v) is 7.77. The zero-order valence-corrected chi connectivity index (χ0v) is 13.4. The van der Waals surface area contributed by atoms with E-state index in [1.165, 1.54) is 12.8 Å². The number of amides is 1. The van der Waals surface area contributed by atoms with Gasteiger partial charge in [0.05, 0.1) is 11.0 Å². The zero-order chi connectivity index (χ0) is 15.0. The lowest BCUT2D eigenvalue weighted by Crippen LogP contribution is -2.51. The number of methoxy groups -OCH3 is 1. The number of ether oxygens (including phenoxy) is 1. The van der Waals surface area contributed by atoms with Crippen molar-refractivity contribution in [2.24, 2.45) is 5.73 Å². The molecule has 0 heterocycles. The molecule has 0 bridgehead atoms. The fourth-order valence-corrected chi connectivity index (χ4v) is 2.87. The second-order valence-corrected chi connectivity index (χ2v) is 5.91. The molecule has 3 N–H and O–H groups in total. The highest BCUT2D eigenvalue weighted by Gasteiger charge is 2.30. The van der Waals surface area contributed by atoms with Crippen molar-refractivity contribution in [2.45, 2.75) is 51.1 Å². The number of nitrogens with two attached hydrogens (primary N) is 1.